The van der Waals surface area contributed by atoms with Crippen LogP contribution < -0.4 is 5.32 Å². The van der Waals surface area contributed by atoms with Crippen molar-refractivity contribution in [2.24, 2.45) is 0 Å². The number of carboxylic acids is 1. The Balaban J connectivity index is 2.20. The van der Waals surface area contributed by atoms with Gasteiger partial charge in [-0.1, -0.05) is 0 Å². The predicted molar refractivity (Wildman–Crippen MR) is 62.6 cm³/mol. The van der Waals surface area contributed by atoms with Crippen LogP contribution in [0.3, 0.4) is 0 Å². The number of rotatable bonds is 3. The molecule has 0 amide bonds. The van der Waals surface area contributed by atoms with E-state index in [4.69, 9.17) is 5.11 Å². The minimum absolute atomic E-state index is 0.0369. The van der Waals surface area contributed by atoms with Gasteiger partial charge in [-0.25, -0.2) is 9.78 Å². The molecule has 3 N–H and O–H groups in total. The Kier molecular flexibility index (Phi) is 2.91. The molecule has 0 aliphatic rings. The maximum atomic E-state index is 10.7. The van der Waals surface area contributed by atoms with E-state index in [1.54, 1.807) is 24.4 Å². The van der Waals surface area contributed by atoms with Gasteiger partial charge in [0.2, 0.25) is 0 Å². The zero-order valence-electron chi connectivity index (χ0n) is 8.79. The maximum absolute atomic E-state index is 10.7. The number of aromatic carboxylic acids is 1. The Bertz CT molecular complexity index is 538. The smallest absolute Gasteiger partial charge is 0.335 e. The molecule has 0 radical (unpaired) electrons. The highest BCUT2D eigenvalue weighted by Gasteiger charge is 2.04. The van der Waals surface area contributed by atoms with Gasteiger partial charge >= 0.3 is 5.97 Å². The molecule has 0 bridgehead atoms. The Morgan fingerprint density at radius 3 is 2.47 bits per heavy atom. The highest BCUT2D eigenvalue weighted by atomic mass is 16.4. The number of aromatic hydroxyl groups is 1. The highest BCUT2D eigenvalue weighted by Crippen LogP contribution is 2.23. The molecule has 5 heteroatoms. The molecule has 0 fully saturated rings. The molecule has 0 aliphatic heterocycles. The number of pyridine rings is 1. The van der Waals surface area contributed by atoms with Gasteiger partial charge in [-0.3, -0.25) is 0 Å². The molecule has 1 heterocycles. The van der Waals surface area contributed by atoms with Crippen molar-refractivity contribution in [3.63, 3.8) is 0 Å². The van der Waals surface area contributed by atoms with E-state index in [0.717, 1.165) is 0 Å². The molecule has 2 aromatic rings. The third-order valence-electron chi connectivity index (χ3n) is 2.18. The largest absolute Gasteiger partial charge is 0.504 e. The van der Waals surface area contributed by atoms with Gasteiger partial charge in [0, 0.05) is 11.9 Å². The number of hydrogen-bond donors (Lipinski definition) is 3. The molecule has 0 spiro atoms. The molecule has 0 aliphatic carbocycles. The number of anilines is 2. The Hall–Kier alpha value is -2.56. The van der Waals surface area contributed by atoms with Gasteiger partial charge in [0.25, 0.3) is 0 Å². The van der Waals surface area contributed by atoms with Crippen LogP contribution in [0.1, 0.15) is 10.4 Å². The molecule has 0 saturated heterocycles. The van der Waals surface area contributed by atoms with E-state index in [0.29, 0.717) is 11.5 Å². The van der Waals surface area contributed by atoms with Gasteiger partial charge in [-0.15, -0.1) is 0 Å². The van der Waals surface area contributed by atoms with E-state index in [9.17, 15) is 9.90 Å². The second kappa shape index (κ2) is 4.52. The average Bonchev–Trinajstić information content (AvgIpc) is 2.33. The normalized spacial score (nSPS) is 9.88. The summed E-state index contributed by atoms with van der Waals surface area (Å²) in [4.78, 5) is 14.6. The SMILES string of the molecule is O=C(O)c1ccc(Nc2ncccc2O)cc1. The monoisotopic (exact) mass is 230 g/mol. The van der Waals surface area contributed by atoms with E-state index >= 15 is 0 Å². The Labute approximate surface area is 97.4 Å². The molecule has 0 unspecified atom stereocenters. The topological polar surface area (TPSA) is 82.5 Å². The van der Waals surface area contributed by atoms with Crippen molar-refractivity contribution in [2.75, 3.05) is 5.32 Å². The van der Waals surface area contributed by atoms with Crippen LogP contribution in [0.4, 0.5) is 11.5 Å². The van der Waals surface area contributed by atoms with Crippen molar-refractivity contribution in [1.29, 1.82) is 0 Å². The lowest BCUT2D eigenvalue weighted by Gasteiger charge is -2.06. The minimum Gasteiger partial charge on any atom is -0.504 e. The first-order valence-electron chi connectivity index (χ1n) is 4.91. The van der Waals surface area contributed by atoms with Crippen molar-refractivity contribution in [3.05, 3.63) is 48.2 Å². The fourth-order valence-electron chi connectivity index (χ4n) is 1.33. The number of nitrogens with one attached hydrogen (secondary N) is 1. The van der Waals surface area contributed by atoms with E-state index in [1.165, 1.54) is 18.2 Å². The summed E-state index contributed by atoms with van der Waals surface area (Å²) in [7, 11) is 0. The van der Waals surface area contributed by atoms with Crippen molar-refractivity contribution in [1.82, 2.24) is 4.98 Å². The minimum atomic E-state index is -0.975. The summed E-state index contributed by atoms with van der Waals surface area (Å²) in [6.45, 7) is 0. The Morgan fingerprint density at radius 1 is 1.18 bits per heavy atom. The van der Waals surface area contributed by atoms with E-state index in [-0.39, 0.29) is 11.3 Å². The van der Waals surface area contributed by atoms with E-state index in [2.05, 4.69) is 10.3 Å². The summed E-state index contributed by atoms with van der Waals surface area (Å²) < 4.78 is 0. The predicted octanol–water partition coefficient (Wildman–Crippen LogP) is 2.23. The van der Waals surface area contributed by atoms with Crippen LogP contribution in [0.2, 0.25) is 0 Å². The molecule has 17 heavy (non-hydrogen) atoms. The van der Waals surface area contributed by atoms with Crippen LogP contribution in [0.25, 0.3) is 0 Å². The van der Waals surface area contributed by atoms with Crippen LogP contribution in [0.15, 0.2) is 42.6 Å². The van der Waals surface area contributed by atoms with Gasteiger partial charge < -0.3 is 15.5 Å². The lowest BCUT2D eigenvalue weighted by atomic mass is 10.2. The summed E-state index contributed by atoms with van der Waals surface area (Å²) in [6, 6.07) is 9.31. The first-order valence-corrected chi connectivity index (χ1v) is 4.91. The molecule has 86 valence electrons. The van der Waals surface area contributed by atoms with Gasteiger partial charge in [0.15, 0.2) is 11.6 Å². The molecule has 2 rings (SSSR count). The first kappa shape index (κ1) is 10.9. The molecule has 0 atom stereocenters. The quantitative estimate of drug-likeness (QED) is 0.753. The molecule has 0 saturated carbocycles. The van der Waals surface area contributed by atoms with Crippen LogP contribution >= 0.6 is 0 Å². The van der Waals surface area contributed by atoms with Crippen LogP contribution in [-0.2, 0) is 0 Å². The third-order valence-corrected chi connectivity index (χ3v) is 2.18. The molecular weight excluding hydrogens is 220 g/mol. The number of aromatic nitrogens is 1. The second-order valence-corrected chi connectivity index (χ2v) is 3.38. The molecular formula is C12H10N2O3. The first-order chi connectivity index (χ1) is 8.16. The molecule has 1 aromatic carbocycles. The standard InChI is InChI=1S/C12H10N2O3/c15-10-2-1-7-13-11(10)14-9-5-3-8(4-6-9)12(16)17/h1-7,15H,(H,13,14)(H,16,17). The summed E-state index contributed by atoms with van der Waals surface area (Å²) in [6.07, 6.45) is 1.55. The van der Waals surface area contributed by atoms with Crippen LogP contribution in [0, 0.1) is 0 Å². The number of carboxylic acid groups (broad SMARTS) is 1. The lowest BCUT2D eigenvalue weighted by molar-refractivity contribution is 0.0697. The number of carbonyl (C=O) groups is 1. The number of nitrogens with zero attached hydrogens (tertiary/aromatic N) is 1. The zero-order chi connectivity index (χ0) is 12.3. The maximum Gasteiger partial charge on any atom is 0.335 e. The number of hydrogen-bond acceptors (Lipinski definition) is 4. The Morgan fingerprint density at radius 2 is 1.88 bits per heavy atom. The summed E-state index contributed by atoms with van der Waals surface area (Å²) in [5.41, 5.74) is 0.866. The lowest BCUT2D eigenvalue weighted by Crippen LogP contribution is -1.97. The van der Waals surface area contributed by atoms with Crippen molar-refractivity contribution >= 4 is 17.5 Å². The average molecular weight is 230 g/mol. The van der Waals surface area contributed by atoms with Gasteiger partial charge in [0.05, 0.1) is 5.56 Å². The molecule has 5 nitrogen and oxygen atoms in total. The second-order valence-electron chi connectivity index (χ2n) is 3.38. The van der Waals surface area contributed by atoms with E-state index in [1.807, 2.05) is 0 Å². The van der Waals surface area contributed by atoms with Crippen molar-refractivity contribution < 1.29 is 15.0 Å². The third kappa shape index (κ3) is 2.52. The van der Waals surface area contributed by atoms with Crippen molar-refractivity contribution in [2.45, 2.75) is 0 Å². The highest BCUT2D eigenvalue weighted by molar-refractivity contribution is 5.88. The van der Waals surface area contributed by atoms with Gasteiger partial charge in [0.1, 0.15) is 0 Å². The van der Waals surface area contributed by atoms with Crippen LogP contribution in [-0.4, -0.2) is 21.2 Å². The van der Waals surface area contributed by atoms with Gasteiger partial charge in [-0.2, -0.15) is 0 Å². The summed E-state index contributed by atoms with van der Waals surface area (Å²) in [5.74, 6) is -0.609. The fourth-order valence-corrected chi connectivity index (χ4v) is 1.33. The number of benzene rings is 1. The van der Waals surface area contributed by atoms with Gasteiger partial charge in [-0.05, 0) is 36.4 Å². The van der Waals surface area contributed by atoms with Crippen LogP contribution in [0.5, 0.6) is 5.75 Å². The zero-order valence-corrected chi connectivity index (χ0v) is 8.79. The molecule has 1 aromatic heterocycles. The van der Waals surface area contributed by atoms with E-state index < -0.39 is 5.97 Å². The summed E-state index contributed by atoms with van der Waals surface area (Å²) >= 11 is 0. The van der Waals surface area contributed by atoms with Crippen molar-refractivity contribution in [3.8, 4) is 5.75 Å². The fraction of sp³-hybridized carbons (Fsp3) is 0. The summed E-state index contributed by atoms with van der Waals surface area (Å²) in [5, 5.41) is 21.1.